The second kappa shape index (κ2) is 9.04. The van der Waals surface area contributed by atoms with Gasteiger partial charge in [-0.1, -0.05) is 39.8 Å². The molecule has 0 fully saturated rings. The maximum atomic E-state index is 12.7. The Morgan fingerprint density at radius 2 is 1.89 bits per heavy atom. The van der Waals surface area contributed by atoms with Gasteiger partial charge in [-0.3, -0.25) is 9.59 Å². The fourth-order valence-electron chi connectivity index (χ4n) is 2.90. The molecule has 0 unspecified atom stereocenters. The summed E-state index contributed by atoms with van der Waals surface area (Å²) in [5.41, 5.74) is 2.74. The summed E-state index contributed by atoms with van der Waals surface area (Å²) >= 11 is 0. The number of nitrogens with zero attached hydrogens (tertiary/aromatic N) is 3. The Kier molecular flexibility index (Phi) is 7.00. The van der Waals surface area contributed by atoms with Crippen LogP contribution in [0, 0.1) is 6.92 Å². The molecule has 2 aromatic rings. The average molecular weight is 385 g/mol. The van der Waals surface area contributed by atoms with Gasteiger partial charge in [0.15, 0.2) is 0 Å². The molecule has 1 N–H and O–H groups in total. The molecule has 0 aliphatic carbocycles. The molecule has 0 aliphatic heterocycles. The van der Waals surface area contributed by atoms with E-state index in [0.29, 0.717) is 18.8 Å². The van der Waals surface area contributed by atoms with Crippen LogP contribution in [0.25, 0.3) is 5.69 Å². The summed E-state index contributed by atoms with van der Waals surface area (Å²) in [6.07, 6.45) is 1.22. The van der Waals surface area contributed by atoms with Gasteiger partial charge >= 0.3 is 0 Å². The van der Waals surface area contributed by atoms with Crippen molar-refractivity contribution in [3.63, 3.8) is 0 Å². The van der Waals surface area contributed by atoms with Gasteiger partial charge in [0.05, 0.1) is 17.9 Å². The third-order valence-electron chi connectivity index (χ3n) is 4.52. The van der Waals surface area contributed by atoms with E-state index in [2.05, 4.69) is 26.1 Å². The summed E-state index contributed by atoms with van der Waals surface area (Å²) in [5.74, 6) is 0.391. The van der Waals surface area contributed by atoms with Crippen LogP contribution in [0.1, 0.15) is 58.7 Å². The van der Waals surface area contributed by atoms with E-state index in [-0.39, 0.29) is 23.8 Å². The molecule has 1 aromatic carbocycles. The maximum Gasteiger partial charge on any atom is 0.245 e. The van der Waals surface area contributed by atoms with E-state index in [1.165, 1.54) is 0 Å². The van der Waals surface area contributed by atoms with E-state index < -0.39 is 0 Å². The molecule has 2 rings (SSSR count). The molecule has 0 atom stereocenters. The van der Waals surface area contributed by atoms with E-state index in [4.69, 9.17) is 5.10 Å². The number of aromatic nitrogens is 2. The molecule has 0 radical (unpaired) electrons. The topological polar surface area (TPSA) is 67.2 Å². The number of aryl methyl sites for hydroxylation is 1. The van der Waals surface area contributed by atoms with Crippen LogP contribution in [-0.2, 0) is 15.0 Å². The lowest BCUT2D eigenvalue weighted by Gasteiger charge is -2.20. The monoisotopic (exact) mass is 384 g/mol. The largest absolute Gasteiger partial charge is 0.334 e. The molecule has 6 nitrogen and oxygen atoms in total. The smallest absolute Gasteiger partial charge is 0.245 e. The zero-order valence-corrected chi connectivity index (χ0v) is 17.9. The lowest BCUT2D eigenvalue weighted by Crippen LogP contribution is -2.37. The molecule has 2 amide bonds. The quantitative estimate of drug-likeness (QED) is 0.783. The SMILES string of the molecule is CCCC(=O)N(CC)CC(=O)Nc1cc(C(C)(C)C)nn1-c1cccc(C)c1. The van der Waals surface area contributed by atoms with E-state index >= 15 is 0 Å². The number of carbonyl (C=O) groups is 2. The van der Waals surface area contributed by atoms with Crippen molar-refractivity contribution in [1.29, 1.82) is 0 Å². The van der Waals surface area contributed by atoms with Crippen molar-refractivity contribution in [1.82, 2.24) is 14.7 Å². The molecule has 0 bridgehead atoms. The van der Waals surface area contributed by atoms with E-state index in [0.717, 1.165) is 23.4 Å². The van der Waals surface area contributed by atoms with Crippen molar-refractivity contribution in [2.24, 2.45) is 0 Å². The van der Waals surface area contributed by atoms with Crippen LogP contribution in [0.2, 0.25) is 0 Å². The minimum atomic E-state index is -0.222. The Morgan fingerprint density at radius 1 is 1.18 bits per heavy atom. The van der Waals surface area contributed by atoms with Gasteiger partial charge in [-0.2, -0.15) is 5.10 Å². The summed E-state index contributed by atoms with van der Waals surface area (Å²) in [5, 5.41) is 7.68. The van der Waals surface area contributed by atoms with Crippen molar-refractivity contribution in [2.75, 3.05) is 18.4 Å². The molecular weight excluding hydrogens is 352 g/mol. The van der Waals surface area contributed by atoms with Crippen LogP contribution in [0.4, 0.5) is 5.82 Å². The van der Waals surface area contributed by atoms with Crippen LogP contribution in [0.5, 0.6) is 0 Å². The minimum Gasteiger partial charge on any atom is -0.334 e. The Morgan fingerprint density at radius 3 is 2.46 bits per heavy atom. The highest BCUT2D eigenvalue weighted by atomic mass is 16.2. The molecule has 152 valence electrons. The number of nitrogens with one attached hydrogen (secondary N) is 1. The molecule has 1 aromatic heterocycles. The van der Waals surface area contributed by atoms with Gasteiger partial charge in [0, 0.05) is 24.4 Å². The minimum absolute atomic E-state index is 0.00252. The first-order valence-corrected chi connectivity index (χ1v) is 9.91. The van der Waals surface area contributed by atoms with E-state index in [9.17, 15) is 9.59 Å². The van der Waals surface area contributed by atoms with Crippen molar-refractivity contribution < 1.29 is 9.59 Å². The summed E-state index contributed by atoms with van der Waals surface area (Å²) in [4.78, 5) is 26.4. The highest BCUT2D eigenvalue weighted by molar-refractivity contribution is 5.94. The van der Waals surface area contributed by atoms with Gasteiger partial charge in [0.1, 0.15) is 5.82 Å². The predicted octanol–water partition coefficient (Wildman–Crippen LogP) is 4.07. The molecule has 0 saturated carbocycles. The van der Waals surface area contributed by atoms with Crippen LogP contribution < -0.4 is 5.32 Å². The first kappa shape index (κ1) is 21.7. The third kappa shape index (κ3) is 5.44. The fourth-order valence-corrected chi connectivity index (χ4v) is 2.90. The maximum absolute atomic E-state index is 12.7. The highest BCUT2D eigenvalue weighted by Crippen LogP contribution is 2.26. The molecule has 1 heterocycles. The van der Waals surface area contributed by atoms with E-state index in [1.807, 2.05) is 51.1 Å². The third-order valence-corrected chi connectivity index (χ3v) is 4.52. The van der Waals surface area contributed by atoms with E-state index in [1.54, 1.807) is 9.58 Å². The highest BCUT2D eigenvalue weighted by Gasteiger charge is 2.22. The molecule has 0 aliphatic rings. The number of likely N-dealkylation sites (N-methyl/N-ethyl adjacent to an activating group) is 1. The van der Waals surface area contributed by atoms with Gasteiger partial charge in [0.25, 0.3) is 0 Å². The molecule has 0 spiro atoms. The lowest BCUT2D eigenvalue weighted by atomic mass is 9.92. The fraction of sp³-hybridized carbons (Fsp3) is 0.500. The molecular formula is C22H32N4O2. The van der Waals surface area contributed by atoms with Crippen molar-refractivity contribution in [2.45, 2.75) is 59.8 Å². The van der Waals surface area contributed by atoms with Gasteiger partial charge in [-0.25, -0.2) is 4.68 Å². The second-order valence-electron chi connectivity index (χ2n) is 8.12. The summed E-state index contributed by atoms with van der Waals surface area (Å²) in [6.45, 7) is 12.7. The van der Waals surface area contributed by atoms with Crippen LogP contribution in [0.15, 0.2) is 30.3 Å². The average Bonchev–Trinajstić information content (AvgIpc) is 3.04. The Hall–Kier alpha value is -2.63. The predicted molar refractivity (Wildman–Crippen MR) is 113 cm³/mol. The first-order valence-electron chi connectivity index (χ1n) is 9.91. The van der Waals surface area contributed by atoms with Crippen LogP contribution >= 0.6 is 0 Å². The van der Waals surface area contributed by atoms with Gasteiger partial charge in [0.2, 0.25) is 11.8 Å². The lowest BCUT2D eigenvalue weighted by molar-refractivity contribution is -0.134. The summed E-state index contributed by atoms with van der Waals surface area (Å²) in [6, 6.07) is 9.89. The van der Waals surface area contributed by atoms with Crippen LogP contribution in [0.3, 0.4) is 0 Å². The second-order valence-corrected chi connectivity index (χ2v) is 8.12. The molecule has 0 saturated heterocycles. The Balaban J connectivity index is 2.29. The number of benzene rings is 1. The molecule has 6 heteroatoms. The van der Waals surface area contributed by atoms with Gasteiger partial charge in [-0.15, -0.1) is 0 Å². The Labute approximate surface area is 167 Å². The van der Waals surface area contributed by atoms with Gasteiger partial charge < -0.3 is 10.2 Å². The number of amides is 2. The standard InChI is InChI=1S/C22H32N4O2/c1-7-10-21(28)25(8-2)15-20(27)23-19-14-18(22(4,5)6)24-26(19)17-12-9-11-16(3)13-17/h9,11-14H,7-8,10,15H2,1-6H3,(H,23,27). The van der Waals surface area contributed by atoms with Crippen molar-refractivity contribution in [3.05, 3.63) is 41.6 Å². The number of anilines is 1. The zero-order chi connectivity index (χ0) is 20.9. The normalized spacial score (nSPS) is 11.4. The zero-order valence-electron chi connectivity index (χ0n) is 17.9. The number of rotatable bonds is 7. The van der Waals surface area contributed by atoms with Crippen molar-refractivity contribution >= 4 is 17.6 Å². The van der Waals surface area contributed by atoms with Crippen molar-refractivity contribution in [3.8, 4) is 5.69 Å². The first-order chi connectivity index (χ1) is 13.2. The number of hydrogen-bond acceptors (Lipinski definition) is 3. The summed E-state index contributed by atoms with van der Waals surface area (Å²) in [7, 11) is 0. The molecule has 28 heavy (non-hydrogen) atoms. The van der Waals surface area contributed by atoms with Crippen LogP contribution in [-0.4, -0.2) is 39.6 Å². The number of carbonyl (C=O) groups excluding carboxylic acids is 2. The van der Waals surface area contributed by atoms with Gasteiger partial charge in [-0.05, 0) is 38.0 Å². The summed E-state index contributed by atoms with van der Waals surface area (Å²) < 4.78 is 1.76. The Bertz CT molecular complexity index is 833. The number of hydrogen-bond donors (Lipinski definition) is 1.